The lowest BCUT2D eigenvalue weighted by atomic mass is 9.75. The number of likely N-dealkylation sites (N-methyl/N-ethyl adjacent to an activating group) is 1. The van der Waals surface area contributed by atoms with Gasteiger partial charge in [-0.2, -0.15) is 0 Å². The molecule has 4 rings (SSSR count). The molecule has 24 heavy (non-hydrogen) atoms. The summed E-state index contributed by atoms with van der Waals surface area (Å²) in [6, 6.07) is 10.0. The van der Waals surface area contributed by atoms with Crippen molar-refractivity contribution in [2.75, 3.05) is 33.2 Å². The minimum absolute atomic E-state index is 0.684. The van der Waals surface area contributed by atoms with Crippen molar-refractivity contribution in [1.82, 2.24) is 14.8 Å². The summed E-state index contributed by atoms with van der Waals surface area (Å²) in [7, 11) is 2.33. The van der Waals surface area contributed by atoms with E-state index in [4.69, 9.17) is 0 Å². The van der Waals surface area contributed by atoms with Crippen LogP contribution in [0.2, 0.25) is 0 Å². The molecule has 0 radical (unpaired) electrons. The van der Waals surface area contributed by atoms with E-state index in [1.165, 1.54) is 62.8 Å². The van der Waals surface area contributed by atoms with Gasteiger partial charge in [0.1, 0.15) is 0 Å². The topological polar surface area (TPSA) is 22.3 Å². The third kappa shape index (κ3) is 3.00. The second kappa shape index (κ2) is 6.89. The largest absolute Gasteiger partial charge is 0.361 e. The van der Waals surface area contributed by atoms with E-state index in [2.05, 4.69) is 59.2 Å². The number of nitrogens with zero attached hydrogens (tertiary/aromatic N) is 2. The van der Waals surface area contributed by atoms with Crippen LogP contribution in [0, 0.1) is 5.92 Å². The van der Waals surface area contributed by atoms with Crippen molar-refractivity contribution in [2.45, 2.75) is 44.6 Å². The van der Waals surface area contributed by atoms with Crippen LogP contribution < -0.4 is 0 Å². The number of H-pyrrole nitrogens is 1. The Kier molecular flexibility index (Phi) is 4.64. The lowest BCUT2D eigenvalue weighted by Crippen LogP contribution is -2.41. The van der Waals surface area contributed by atoms with Crippen LogP contribution in [-0.4, -0.2) is 54.1 Å². The second-order valence-electron chi connectivity index (χ2n) is 7.81. The van der Waals surface area contributed by atoms with Gasteiger partial charge >= 0.3 is 0 Å². The first-order valence-corrected chi connectivity index (χ1v) is 9.76. The summed E-state index contributed by atoms with van der Waals surface area (Å²) in [6.45, 7) is 7.31. The molecule has 0 aliphatic carbocycles. The monoisotopic (exact) mass is 325 g/mol. The summed E-state index contributed by atoms with van der Waals surface area (Å²) in [5.74, 6) is 1.51. The van der Waals surface area contributed by atoms with Crippen molar-refractivity contribution >= 4 is 10.9 Å². The average Bonchev–Trinajstić information content (AvgIpc) is 3.25. The van der Waals surface area contributed by atoms with Crippen molar-refractivity contribution < 1.29 is 0 Å². The molecule has 2 aromatic rings. The van der Waals surface area contributed by atoms with Crippen LogP contribution in [0.3, 0.4) is 0 Å². The van der Waals surface area contributed by atoms with Gasteiger partial charge in [-0.15, -0.1) is 0 Å². The molecule has 0 bridgehead atoms. The molecular weight excluding hydrogens is 294 g/mol. The molecule has 0 saturated carbocycles. The number of nitrogens with one attached hydrogen (secondary N) is 1. The normalized spacial score (nSPS) is 25.5. The number of hydrogen-bond acceptors (Lipinski definition) is 2. The molecule has 3 nitrogen and oxygen atoms in total. The van der Waals surface area contributed by atoms with Gasteiger partial charge in [-0.3, -0.25) is 0 Å². The third-order valence-corrected chi connectivity index (χ3v) is 6.54. The number of likely N-dealkylation sites (tertiary alicyclic amines) is 2. The molecule has 1 aromatic heterocycles. The number of benzene rings is 1. The third-order valence-electron chi connectivity index (χ3n) is 6.54. The number of rotatable bonds is 4. The highest BCUT2D eigenvalue weighted by Crippen LogP contribution is 2.41. The van der Waals surface area contributed by atoms with E-state index in [-0.39, 0.29) is 0 Å². The van der Waals surface area contributed by atoms with Gasteiger partial charge in [-0.25, -0.2) is 0 Å². The lowest BCUT2D eigenvalue weighted by molar-refractivity contribution is 0.140. The Balaban J connectivity index is 1.64. The minimum Gasteiger partial charge on any atom is -0.361 e. The zero-order valence-electron chi connectivity index (χ0n) is 15.2. The van der Waals surface area contributed by atoms with E-state index in [0.717, 1.165) is 12.0 Å². The van der Waals surface area contributed by atoms with Gasteiger partial charge < -0.3 is 14.8 Å². The maximum absolute atomic E-state index is 3.41. The molecule has 2 fully saturated rings. The van der Waals surface area contributed by atoms with Crippen LogP contribution in [0.4, 0.5) is 0 Å². The minimum atomic E-state index is 0.684. The Morgan fingerprint density at radius 1 is 1.12 bits per heavy atom. The number of fused-ring (bicyclic) bond motifs is 1. The van der Waals surface area contributed by atoms with Gasteiger partial charge in [0.2, 0.25) is 0 Å². The fourth-order valence-electron chi connectivity index (χ4n) is 5.10. The Morgan fingerprint density at radius 2 is 1.96 bits per heavy atom. The fraction of sp³-hybridized carbons (Fsp3) is 0.619. The van der Waals surface area contributed by atoms with Gasteiger partial charge in [0.25, 0.3) is 0 Å². The van der Waals surface area contributed by atoms with Crippen molar-refractivity contribution in [2.24, 2.45) is 5.92 Å². The molecule has 2 atom stereocenters. The highest BCUT2D eigenvalue weighted by atomic mass is 15.2. The highest BCUT2D eigenvalue weighted by Gasteiger charge is 2.37. The van der Waals surface area contributed by atoms with E-state index < -0.39 is 0 Å². The van der Waals surface area contributed by atoms with Crippen molar-refractivity contribution in [3.8, 4) is 0 Å². The molecule has 2 aliphatic heterocycles. The Morgan fingerprint density at radius 3 is 2.67 bits per heavy atom. The van der Waals surface area contributed by atoms with Crippen LogP contribution in [-0.2, 0) is 0 Å². The average molecular weight is 326 g/mol. The Hall–Kier alpha value is -1.32. The molecule has 3 heteroatoms. The van der Waals surface area contributed by atoms with Gasteiger partial charge in [0.15, 0.2) is 0 Å². The Bertz CT molecular complexity index is 669. The highest BCUT2D eigenvalue weighted by molar-refractivity contribution is 5.80. The summed E-state index contributed by atoms with van der Waals surface area (Å²) < 4.78 is 0. The van der Waals surface area contributed by atoms with E-state index >= 15 is 0 Å². The number of aromatic amines is 1. The van der Waals surface area contributed by atoms with E-state index in [1.807, 2.05) is 0 Å². The Labute approximate surface area is 146 Å². The quantitative estimate of drug-likeness (QED) is 0.915. The molecule has 2 aliphatic rings. The van der Waals surface area contributed by atoms with Crippen LogP contribution >= 0.6 is 0 Å². The second-order valence-corrected chi connectivity index (χ2v) is 7.81. The summed E-state index contributed by atoms with van der Waals surface area (Å²) in [4.78, 5) is 8.65. The van der Waals surface area contributed by atoms with E-state index in [1.54, 1.807) is 5.56 Å². The van der Waals surface area contributed by atoms with Gasteiger partial charge in [0.05, 0.1) is 0 Å². The maximum atomic E-state index is 3.41. The predicted molar refractivity (Wildman–Crippen MR) is 102 cm³/mol. The number of hydrogen-bond donors (Lipinski definition) is 1. The van der Waals surface area contributed by atoms with E-state index in [9.17, 15) is 0 Å². The molecule has 2 saturated heterocycles. The SMILES string of the molecule is CCN1CCC(C(c2ccc3cc[nH]c3c2)C2CCCN2C)CC1. The van der Waals surface area contributed by atoms with Crippen LogP contribution in [0.25, 0.3) is 10.9 Å². The molecule has 0 amide bonds. The van der Waals surface area contributed by atoms with Crippen molar-refractivity contribution in [3.05, 3.63) is 36.0 Å². The number of aromatic nitrogens is 1. The summed E-state index contributed by atoms with van der Waals surface area (Å²) in [5, 5.41) is 1.33. The van der Waals surface area contributed by atoms with Gasteiger partial charge in [-0.05, 0) is 87.9 Å². The summed E-state index contributed by atoms with van der Waals surface area (Å²) in [5.41, 5.74) is 2.85. The predicted octanol–water partition coefficient (Wildman–Crippen LogP) is 4.08. The molecular formula is C21H31N3. The van der Waals surface area contributed by atoms with Crippen molar-refractivity contribution in [3.63, 3.8) is 0 Å². The molecule has 3 heterocycles. The summed E-state index contributed by atoms with van der Waals surface area (Å²) in [6.07, 6.45) is 7.48. The van der Waals surface area contributed by atoms with Crippen molar-refractivity contribution in [1.29, 1.82) is 0 Å². The molecule has 2 unspecified atom stereocenters. The molecule has 1 aromatic carbocycles. The molecule has 0 spiro atoms. The summed E-state index contributed by atoms with van der Waals surface area (Å²) >= 11 is 0. The smallest absolute Gasteiger partial charge is 0.0456 e. The van der Waals surface area contributed by atoms with Crippen LogP contribution in [0.5, 0.6) is 0 Å². The zero-order valence-corrected chi connectivity index (χ0v) is 15.2. The first kappa shape index (κ1) is 16.2. The van der Waals surface area contributed by atoms with Gasteiger partial charge in [-0.1, -0.05) is 19.1 Å². The standard InChI is InChI=1S/C21H31N3/c1-3-24-13-9-17(10-14-24)21(20-5-4-12-23(20)2)18-7-6-16-8-11-22-19(16)15-18/h6-8,11,15,17,20-22H,3-5,9-10,12-14H2,1-2H3. The molecule has 130 valence electrons. The fourth-order valence-corrected chi connectivity index (χ4v) is 5.10. The lowest BCUT2D eigenvalue weighted by Gasteiger charge is -2.40. The van der Waals surface area contributed by atoms with Gasteiger partial charge in [0, 0.05) is 23.7 Å². The first-order chi connectivity index (χ1) is 11.8. The maximum Gasteiger partial charge on any atom is 0.0456 e. The number of piperidine rings is 1. The van der Waals surface area contributed by atoms with Crippen LogP contribution in [0.15, 0.2) is 30.5 Å². The van der Waals surface area contributed by atoms with E-state index in [0.29, 0.717) is 5.92 Å². The zero-order chi connectivity index (χ0) is 16.5. The van der Waals surface area contributed by atoms with Crippen LogP contribution in [0.1, 0.15) is 44.1 Å². The molecule has 1 N–H and O–H groups in total. The first-order valence-electron chi connectivity index (χ1n) is 9.76.